The van der Waals surface area contributed by atoms with E-state index in [0.29, 0.717) is 0 Å². The molecule has 1 unspecified atom stereocenters. The molecule has 4 nitrogen and oxygen atoms in total. The molecule has 0 bridgehead atoms. The van der Waals surface area contributed by atoms with Gasteiger partial charge in [-0.3, -0.25) is 0 Å². The van der Waals surface area contributed by atoms with E-state index in [4.69, 9.17) is 9.47 Å². The maximum absolute atomic E-state index is 12.1. The van der Waals surface area contributed by atoms with Gasteiger partial charge in [0.25, 0.3) is 0 Å². The third kappa shape index (κ3) is 2.41. The average Bonchev–Trinajstić information content (AvgIpc) is 2.12. The number of likely N-dealkylation sites (tertiary alicyclic amines) is 1. The SMILES string of the molecule is CC1N(C(=O)OC(C)(C)C)CCCC12COC2. The van der Waals surface area contributed by atoms with Gasteiger partial charge in [0.15, 0.2) is 0 Å². The Hall–Kier alpha value is -0.770. The van der Waals surface area contributed by atoms with E-state index >= 15 is 0 Å². The Morgan fingerprint density at radius 2 is 2.06 bits per heavy atom. The van der Waals surface area contributed by atoms with Gasteiger partial charge in [-0.1, -0.05) is 0 Å². The molecule has 2 aliphatic rings. The summed E-state index contributed by atoms with van der Waals surface area (Å²) in [5.41, 5.74) is -0.229. The third-order valence-electron chi connectivity index (χ3n) is 3.83. The van der Waals surface area contributed by atoms with Crippen LogP contribution in [0, 0.1) is 5.41 Å². The van der Waals surface area contributed by atoms with E-state index in [-0.39, 0.29) is 17.6 Å². The lowest BCUT2D eigenvalue weighted by molar-refractivity contribution is -0.167. The van der Waals surface area contributed by atoms with Crippen molar-refractivity contribution in [2.24, 2.45) is 5.41 Å². The Labute approximate surface area is 103 Å². The molecule has 98 valence electrons. The molecule has 0 N–H and O–H groups in total. The predicted molar refractivity (Wildman–Crippen MR) is 64.9 cm³/mol. The zero-order valence-corrected chi connectivity index (χ0v) is 11.3. The number of amides is 1. The standard InChI is InChI=1S/C13H23NO3/c1-10-13(8-16-9-13)6-5-7-14(10)11(15)17-12(2,3)4/h10H,5-9H2,1-4H3. The van der Waals surface area contributed by atoms with Gasteiger partial charge in [0.2, 0.25) is 0 Å². The molecule has 17 heavy (non-hydrogen) atoms. The second kappa shape index (κ2) is 4.16. The smallest absolute Gasteiger partial charge is 0.410 e. The Morgan fingerprint density at radius 1 is 1.41 bits per heavy atom. The van der Waals surface area contributed by atoms with Gasteiger partial charge in [0, 0.05) is 18.0 Å². The van der Waals surface area contributed by atoms with Gasteiger partial charge >= 0.3 is 6.09 Å². The minimum atomic E-state index is -0.419. The van der Waals surface area contributed by atoms with Gasteiger partial charge in [-0.15, -0.1) is 0 Å². The van der Waals surface area contributed by atoms with Crippen molar-refractivity contribution in [3.05, 3.63) is 0 Å². The van der Waals surface area contributed by atoms with Crippen molar-refractivity contribution in [2.45, 2.75) is 52.2 Å². The number of ether oxygens (including phenoxy) is 2. The highest BCUT2D eigenvalue weighted by atomic mass is 16.6. The number of rotatable bonds is 0. The fourth-order valence-electron chi connectivity index (χ4n) is 2.65. The summed E-state index contributed by atoms with van der Waals surface area (Å²) < 4.78 is 10.8. The molecule has 0 radical (unpaired) electrons. The van der Waals surface area contributed by atoms with Crippen LogP contribution in [-0.4, -0.2) is 42.4 Å². The first-order valence-corrected chi connectivity index (χ1v) is 6.41. The van der Waals surface area contributed by atoms with Crippen molar-refractivity contribution in [1.82, 2.24) is 4.90 Å². The fraction of sp³-hybridized carbons (Fsp3) is 0.923. The van der Waals surface area contributed by atoms with Crippen molar-refractivity contribution in [2.75, 3.05) is 19.8 Å². The van der Waals surface area contributed by atoms with Crippen LogP contribution in [0.25, 0.3) is 0 Å². The van der Waals surface area contributed by atoms with E-state index in [1.807, 2.05) is 25.7 Å². The number of hydrogen-bond acceptors (Lipinski definition) is 3. The number of carbonyl (C=O) groups is 1. The lowest BCUT2D eigenvalue weighted by Gasteiger charge is -2.53. The van der Waals surface area contributed by atoms with Crippen LogP contribution in [0.3, 0.4) is 0 Å². The lowest BCUT2D eigenvalue weighted by Crippen LogP contribution is -2.61. The van der Waals surface area contributed by atoms with Gasteiger partial charge in [0.05, 0.1) is 13.2 Å². The highest BCUT2D eigenvalue weighted by molar-refractivity contribution is 5.68. The third-order valence-corrected chi connectivity index (χ3v) is 3.83. The fourth-order valence-corrected chi connectivity index (χ4v) is 2.65. The first-order valence-electron chi connectivity index (χ1n) is 6.41. The van der Waals surface area contributed by atoms with Crippen molar-refractivity contribution in [3.63, 3.8) is 0 Å². The Balaban J connectivity index is 2.03. The molecule has 0 aromatic carbocycles. The van der Waals surface area contributed by atoms with E-state index in [0.717, 1.165) is 32.6 Å². The van der Waals surface area contributed by atoms with Crippen LogP contribution >= 0.6 is 0 Å². The zero-order chi connectivity index (χ0) is 12.7. The molecule has 1 amide bonds. The highest BCUT2D eigenvalue weighted by Gasteiger charge is 2.49. The maximum Gasteiger partial charge on any atom is 0.410 e. The summed E-state index contributed by atoms with van der Waals surface area (Å²) in [4.78, 5) is 14.0. The predicted octanol–water partition coefficient (Wildman–Crippen LogP) is 2.42. The summed E-state index contributed by atoms with van der Waals surface area (Å²) in [6.07, 6.45) is 2.02. The molecule has 2 rings (SSSR count). The number of hydrogen-bond donors (Lipinski definition) is 0. The van der Waals surface area contributed by atoms with Crippen LogP contribution in [0.2, 0.25) is 0 Å². The Bertz CT molecular complexity index is 304. The van der Waals surface area contributed by atoms with Crippen LogP contribution in [-0.2, 0) is 9.47 Å². The van der Waals surface area contributed by atoms with E-state index in [2.05, 4.69) is 6.92 Å². The van der Waals surface area contributed by atoms with E-state index in [1.54, 1.807) is 0 Å². The van der Waals surface area contributed by atoms with E-state index < -0.39 is 5.60 Å². The average molecular weight is 241 g/mol. The topological polar surface area (TPSA) is 38.8 Å². The summed E-state index contributed by atoms with van der Waals surface area (Å²) in [6, 6.07) is 0.222. The molecule has 2 fully saturated rings. The minimum absolute atomic E-state index is 0.184. The van der Waals surface area contributed by atoms with Crippen LogP contribution in [0.1, 0.15) is 40.5 Å². The molecule has 4 heteroatoms. The van der Waals surface area contributed by atoms with Gasteiger partial charge in [-0.25, -0.2) is 4.79 Å². The number of carbonyl (C=O) groups excluding carboxylic acids is 1. The second-order valence-corrected chi connectivity index (χ2v) is 6.31. The van der Waals surface area contributed by atoms with Crippen LogP contribution in [0.4, 0.5) is 4.79 Å². The van der Waals surface area contributed by atoms with Crippen LogP contribution in [0.15, 0.2) is 0 Å². The molecule has 2 aliphatic heterocycles. The molecular weight excluding hydrogens is 218 g/mol. The van der Waals surface area contributed by atoms with Crippen LogP contribution in [0.5, 0.6) is 0 Å². The van der Waals surface area contributed by atoms with Gasteiger partial charge in [0.1, 0.15) is 5.60 Å². The Morgan fingerprint density at radius 3 is 2.53 bits per heavy atom. The quantitative estimate of drug-likeness (QED) is 0.654. The summed E-state index contributed by atoms with van der Waals surface area (Å²) in [7, 11) is 0. The Kier molecular flexibility index (Phi) is 3.10. The summed E-state index contributed by atoms with van der Waals surface area (Å²) in [6.45, 7) is 10.2. The molecule has 0 aliphatic carbocycles. The normalized spacial score (nSPS) is 27.8. The molecule has 1 spiro atoms. The van der Waals surface area contributed by atoms with E-state index in [9.17, 15) is 4.79 Å². The molecule has 2 saturated heterocycles. The molecule has 1 atom stereocenters. The minimum Gasteiger partial charge on any atom is -0.444 e. The number of piperidine rings is 1. The zero-order valence-electron chi connectivity index (χ0n) is 11.3. The van der Waals surface area contributed by atoms with Crippen molar-refractivity contribution in [1.29, 1.82) is 0 Å². The monoisotopic (exact) mass is 241 g/mol. The maximum atomic E-state index is 12.1. The molecular formula is C13H23NO3. The van der Waals surface area contributed by atoms with Gasteiger partial charge in [-0.2, -0.15) is 0 Å². The summed E-state index contributed by atoms with van der Waals surface area (Å²) in [5, 5.41) is 0. The van der Waals surface area contributed by atoms with Gasteiger partial charge < -0.3 is 14.4 Å². The lowest BCUT2D eigenvalue weighted by atomic mass is 9.72. The van der Waals surface area contributed by atoms with Crippen molar-refractivity contribution < 1.29 is 14.3 Å². The van der Waals surface area contributed by atoms with Crippen molar-refractivity contribution in [3.8, 4) is 0 Å². The first kappa shape index (κ1) is 12.7. The van der Waals surface area contributed by atoms with Gasteiger partial charge in [-0.05, 0) is 40.5 Å². The highest BCUT2D eigenvalue weighted by Crippen LogP contribution is 2.42. The first-order chi connectivity index (χ1) is 7.84. The number of nitrogens with zero attached hydrogens (tertiary/aromatic N) is 1. The van der Waals surface area contributed by atoms with Crippen LogP contribution < -0.4 is 0 Å². The molecule has 2 heterocycles. The van der Waals surface area contributed by atoms with Crippen molar-refractivity contribution >= 4 is 6.09 Å². The summed E-state index contributed by atoms with van der Waals surface area (Å²) in [5.74, 6) is 0. The molecule has 0 aromatic heterocycles. The second-order valence-electron chi connectivity index (χ2n) is 6.31. The molecule has 0 aromatic rings. The molecule has 0 saturated carbocycles. The summed E-state index contributed by atoms with van der Waals surface area (Å²) >= 11 is 0. The largest absolute Gasteiger partial charge is 0.444 e. The van der Waals surface area contributed by atoms with E-state index in [1.165, 1.54) is 0 Å².